The second-order valence-electron chi connectivity index (χ2n) is 8.00. The van der Waals surface area contributed by atoms with E-state index < -0.39 is 6.04 Å². The van der Waals surface area contributed by atoms with Crippen molar-refractivity contribution in [1.29, 1.82) is 0 Å². The first-order chi connectivity index (χ1) is 15.6. The van der Waals surface area contributed by atoms with Crippen molar-refractivity contribution in [3.8, 4) is 0 Å². The molecule has 0 N–H and O–H groups in total. The highest BCUT2D eigenvalue weighted by Crippen LogP contribution is 2.27. The first-order valence-electron chi connectivity index (χ1n) is 10.7. The Morgan fingerprint density at radius 2 is 1.53 bits per heavy atom. The van der Waals surface area contributed by atoms with Gasteiger partial charge in [0.25, 0.3) is 5.91 Å². The highest BCUT2D eigenvalue weighted by atomic mass is 32.1. The van der Waals surface area contributed by atoms with Crippen LogP contribution in [0, 0.1) is 0 Å². The molecule has 7 heteroatoms. The standard InChI is InChI=1S/C25H23N3O3S/c29-23-17-21(25(31)28(23)20-5-2-1-3-6-20)27-14-12-26(13-15-27)19-10-8-18(9-11-19)24(30)22-7-4-16-32-22/h1-11,16,21H,12-15,17H2/t21-/m1/s1. The van der Waals surface area contributed by atoms with Crippen molar-refractivity contribution in [3.05, 3.63) is 82.6 Å². The van der Waals surface area contributed by atoms with Crippen LogP contribution in [0.1, 0.15) is 21.7 Å². The number of benzene rings is 2. The Balaban J connectivity index is 1.21. The Bertz CT molecular complexity index is 1120. The molecule has 0 spiro atoms. The van der Waals surface area contributed by atoms with E-state index >= 15 is 0 Å². The van der Waals surface area contributed by atoms with Crippen LogP contribution in [0.5, 0.6) is 0 Å². The fourth-order valence-electron chi connectivity index (χ4n) is 4.41. The number of thiophene rings is 1. The van der Waals surface area contributed by atoms with Crippen LogP contribution in [0.2, 0.25) is 0 Å². The van der Waals surface area contributed by atoms with E-state index in [1.165, 1.54) is 16.2 Å². The number of hydrogen-bond acceptors (Lipinski definition) is 6. The number of imide groups is 1. The van der Waals surface area contributed by atoms with E-state index in [4.69, 9.17) is 0 Å². The number of nitrogens with zero attached hydrogens (tertiary/aromatic N) is 3. The summed E-state index contributed by atoms with van der Waals surface area (Å²) in [4.78, 5) is 44.5. The predicted molar refractivity (Wildman–Crippen MR) is 125 cm³/mol. The zero-order chi connectivity index (χ0) is 22.1. The van der Waals surface area contributed by atoms with Crippen molar-refractivity contribution in [2.24, 2.45) is 0 Å². The van der Waals surface area contributed by atoms with Crippen LogP contribution in [-0.2, 0) is 9.59 Å². The topological polar surface area (TPSA) is 60.9 Å². The normalized spacial score (nSPS) is 19.6. The molecule has 0 radical (unpaired) electrons. The quantitative estimate of drug-likeness (QED) is 0.445. The summed E-state index contributed by atoms with van der Waals surface area (Å²) in [5.41, 5.74) is 2.39. The van der Waals surface area contributed by atoms with E-state index in [0.717, 1.165) is 23.7 Å². The third-order valence-corrected chi connectivity index (χ3v) is 7.00. The highest BCUT2D eigenvalue weighted by molar-refractivity contribution is 7.12. The number of carbonyl (C=O) groups excluding carboxylic acids is 3. The fraction of sp³-hybridized carbons (Fsp3) is 0.240. The van der Waals surface area contributed by atoms with Crippen LogP contribution >= 0.6 is 11.3 Å². The molecule has 2 fully saturated rings. The third kappa shape index (κ3) is 3.85. The molecule has 3 heterocycles. The molecular formula is C25H23N3O3S. The second kappa shape index (κ2) is 8.68. The molecule has 2 saturated heterocycles. The van der Waals surface area contributed by atoms with Crippen LogP contribution in [0.4, 0.5) is 11.4 Å². The van der Waals surface area contributed by atoms with Crippen LogP contribution in [0.3, 0.4) is 0 Å². The van der Waals surface area contributed by atoms with Gasteiger partial charge in [-0.3, -0.25) is 19.3 Å². The average molecular weight is 446 g/mol. The maximum absolute atomic E-state index is 13.0. The lowest BCUT2D eigenvalue weighted by Crippen LogP contribution is -2.52. The summed E-state index contributed by atoms with van der Waals surface area (Å²) in [7, 11) is 0. The molecule has 0 unspecified atom stereocenters. The molecular weight excluding hydrogens is 422 g/mol. The molecule has 0 bridgehead atoms. The summed E-state index contributed by atoms with van der Waals surface area (Å²) in [6, 6.07) is 20.2. The van der Waals surface area contributed by atoms with Crippen LogP contribution in [0.25, 0.3) is 0 Å². The van der Waals surface area contributed by atoms with Gasteiger partial charge in [0.15, 0.2) is 0 Å². The van der Waals surface area contributed by atoms with Crippen molar-refractivity contribution in [2.75, 3.05) is 36.0 Å². The van der Waals surface area contributed by atoms with Crippen LogP contribution in [0.15, 0.2) is 72.1 Å². The zero-order valence-corrected chi connectivity index (χ0v) is 18.3. The second-order valence-corrected chi connectivity index (χ2v) is 8.95. The highest BCUT2D eigenvalue weighted by Gasteiger charge is 2.43. The Morgan fingerprint density at radius 3 is 2.19 bits per heavy atom. The van der Waals surface area contributed by atoms with E-state index in [9.17, 15) is 14.4 Å². The Morgan fingerprint density at radius 1 is 0.812 bits per heavy atom. The summed E-state index contributed by atoms with van der Waals surface area (Å²) in [5, 5.41) is 1.91. The minimum Gasteiger partial charge on any atom is -0.369 e. The Hall–Kier alpha value is -3.29. The smallest absolute Gasteiger partial charge is 0.251 e. The van der Waals surface area contributed by atoms with E-state index in [0.29, 0.717) is 24.3 Å². The maximum atomic E-state index is 13.0. The average Bonchev–Trinajstić information content (AvgIpc) is 3.48. The number of anilines is 2. The zero-order valence-electron chi connectivity index (χ0n) is 17.5. The lowest BCUT2D eigenvalue weighted by molar-refractivity contribution is -0.123. The van der Waals surface area contributed by atoms with Crippen molar-refractivity contribution in [3.63, 3.8) is 0 Å². The Kier molecular flexibility index (Phi) is 5.59. The lowest BCUT2D eigenvalue weighted by Gasteiger charge is -2.38. The number of carbonyl (C=O) groups is 3. The van der Waals surface area contributed by atoms with Crippen molar-refractivity contribution in [1.82, 2.24) is 4.90 Å². The number of hydrogen-bond donors (Lipinski definition) is 0. The molecule has 162 valence electrons. The molecule has 0 saturated carbocycles. The number of amides is 2. The van der Waals surface area contributed by atoms with Gasteiger partial charge in [0.05, 0.1) is 23.0 Å². The Labute approximate surface area is 190 Å². The fourth-order valence-corrected chi connectivity index (χ4v) is 5.10. The first kappa shape index (κ1) is 20.6. The minimum absolute atomic E-state index is 0.0451. The van der Waals surface area contributed by atoms with Crippen LogP contribution in [-0.4, -0.2) is 54.7 Å². The molecule has 3 aromatic rings. The van der Waals surface area contributed by atoms with Crippen molar-refractivity contribution < 1.29 is 14.4 Å². The van der Waals surface area contributed by atoms with Crippen molar-refractivity contribution in [2.45, 2.75) is 12.5 Å². The molecule has 1 aromatic heterocycles. The SMILES string of the molecule is O=C(c1ccc(N2CCN([C@@H]3CC(=O)N(c4ccccc4)C3=O)CC2)cc1)c1cccs1. The molecule has 1 atom stereocenters. The minimum atomic E-state index is -0.393. The summed E-state index contributed by atoms with van der Waals surface area (Å²) in [5.74, 6) is -0.227. The van der Waals surface area contributed by atoms with Gasteiger partial charge in [-0.2, -0.15) is 0 Å². The number of rotatable bonds is 5. The largest absolute Gasteiger partial charge is 0.369 e. The van der Waals surface area contributed by atoms with E-state index in [-0.39, 0.29) is 24.0 Å². The van der Waals surface area contributed by atoms with Gasteiger partial charge in [0.1, 0.15) is 0 Å². The van der Waals surface area contributed by atoms with E-state index in [1.807, 2.05) is 60.0 Å². The molecule has 2 amide bonds. The molecule has 32 heavy (non-hydrogen) atoms. The van der Waals surface area contributed by atoms with Gasteiger partial charge in [0.2, 0.25) is 11.7 Å². The molecule has 2 aliphatic rings. The van der Waals surface area contributed by atoms with Gasteiger partial charge < -0.3 is 4.90 Å². The molecule has 0 aliphatic carbocycles. The third-order valence-electron chi connectivity index (χ3n) is 6.13. The summed E-state index contributed by atoms with van der Waals surface area (Å²) < 4.78 is 0. The molecule has 2 aromatic carbocycles. The number of piperazine rings is 1. The maximum Gasteiger partial charge on any atom is 0.251 e. The molecule has 2 aliphatic heterocycles. The van der Waals surface area contributed by atoms with E-state index in [1.54, 1.807) is 12.1 Å². The van der Waals surface area contributed by atoms with Gasteiger partial charge in [-0.15, -0.1) is 11.3 Å². The van der Waals surface area contributed by atoms with Crippen molar-refractivity contribution >= 4 is 40.3 Å². The van der Waals surface area contributed by atoms with Gasteiger partial charge in [-0.05, 0) is 47.8 Å². The molecule has 5 rings (SSSR count). The van der Waals surface area contributed by atoms with E-state index in [2.05, 4.69) is 9.80 Å². The van der Waals surface area contributed by atoms with Gasteiger partial charge in [-0.1, -0.05) is 24.3 Å². The predicted octanol–water partition coefficient (Wildman–Crippen LogP) is 3.43. The summed E-state index contributed by atoms with van der Waals surface area (Å²) >= 11 is 1.45. The summed E-state index contributed by atoms with van der Waals surface area (Å²) in [6.45, 7) is 2.95. The van der Waals surface area contributed by atoms with Crippen LogP contribution < -0.4 is 9.80 Å². The molecule has 6 nitrogen and oxygen atoms in total. The lowest BCUT2D eigenvalue weighted by atomic mass is 10.1. The monoisotopic (exact) mass is 445 g/mol. The van der Waals surface area contributed by atoms with Gasteiger partial charge >= 0.3 is 0 Å². The first-order valence-corrected chi connectivity index (χ1v) is 11.6. The summed E-state index contributed by atoms with van der Waals surface area (Å²) in [6.07, 6.45) is 0.229. The number of para-hydroxylation sites is 1. The number of ketones is 1. The van der Waals surface area contributed by atoms with Gasteiger partial charge in [-0.25, -0.2) is 4.90 Å². The van der Waals surface area contributed by atoms with Gasteiger partial charge in [0, 0.05) is 37.4 Å².